The molecular formula is C8H9N3O. The lowest BCUT2D eigenvalue weighted by molar-refractivity contribution is 0.0953. The van der Waals surface area contributed by atoms with Crippen LogP contribution in [-0.4, -0.2) is 22.6 Å². The predicted molar refractivity (Wildman–Crippen MR) is 44.5 cm³/mol. The molecule has 0 atom stereocenters. The molecule has 4 nitrogen and oxygen atoms in total. The van der Waals surface area contributed by atoms with Crippen molar-refractivity contribution in [1.29, 1.82) is 0 Å². The fourth-order valence-electron chi connectivity index (χ4n) is 0.756. The first-order chi connectivity index (χ1) is 5.74. The Morgan fingerprint density at radius 1 is 1.92 bits per heavy atom. The summed E-state index contributed by atoms with van der Waals surface area (Å²) in [6.45, 7) is 2.05. The molecule has 0 unspecified atom stereocenters. The Hall–Kier alpha value is -1.76. The van der Waals surface area contributed by atoms with E-state index in [4.69, 9.17) is 6.42 Å². The Bertz CT molecular complexity index is 321. The van der Waals surface area contributed by atoms with E-state index in [9.17, 15) is 4.79 Å². The van der Waals surface area contributed by atoms with Gasteiger partial charge < -0.3 is 5.32 Å². The topological polar surface area (TPSA) is 57.8 Å². The van der Waals surface area contributed by atoms with Gasteiger partial charge in [-0.1, -0.05) is 5.92 Å². The number of carbonyl (C=O) groups is 1. The zero-order valence-electron chi connectivity index (χ0n) is 6.72. The summed E-state index contributed by atoms with van der Waals surface area (Å²) in [4.78, 5) is 11.1. The molecule has 0 bridgehead atoms. The Morgan fingerprint density at radius 3 is 3.17 bits per heavy atom. The lowest BCUT2D eigenvalue weighted by Gasteiger charge is -1.94. The van der Waals surface area contributed by atoms with Crippen LogP contribution in [0.15, 0.2) is 6.07 Å². The maximum Gasteiger partial charge on any atom is 0.272 e. The molecule has 0 aliphatic rings. The first-order valence-corrected chi connectivity index (χ1v) is 3.47. The second kappa shape index (κ2) is 3.58. The highest BCUT2D eigenvalue weighted by atomic mass is 16.1. The number of amides is 1. The highest BCUT2D eigenvalue weighted by molar-refractivity contribution is 5.92. The molecule has 1 aromatic heterocycles. The number of carbonyl (C=O) groups excluding carboxylic acids is 1. The summed E-state index contributed by atoms with van der Waals surface area (Å²) in [6, 6.07) is 1.66. The standard InChI is InChI=1S/C8H9N3O/c1-3-4-9-8(12)7-5-6(2)10-11-7/h1,5H,4H2,2H3,(H,9,12)(H,10,11). The average molecular weight is 163 g/mol. The van der Waals surface area contributed by atoms with E-state index in [0.29, 0.717) is 5.69 Å². The molecule has 0 aliphatic carbocycles. The lowest BCUT2D eigenvalue weighted by Crippen LogP contribution is -2.23. The molecule has 1 aromatic rings. The molecule has 0 aromatic carbocycles. The average Bonchev–Trinajstić information content (AvgIpc) is 2.47. The van der Waals surface area contributed by atoms with E-state index in [1.807, 2.05) is 6.92 Å². The van der Waals surface area contributed by atoms with E-state index in [-0.39, 0.29) is 12.5 Å². The molecule has 1 amide bonds. The predicted octanol–water partition coefficient (Wildman–Crippen LogP) is 0.0811. The van der Waals surface area contributed by atoms with Gasteiger partial charge in [-0.15, -0.1) is 6.42 Å². The molecule has 62 valence electrons. The van der Waals surface area contributed by atoms with Crippen LogP contribution in [0.3, 0.4) is 0 Å². The Labute approximate surface area is 70.4 Å². The van der Waals surface area contributed by atoms with Gasteiger partial charge in [0.25, 0.3) is 5.91 Å². The van der Waals surface area contributed by atoms with Crippen molar-refractivity contribution in [3.63, 3.8) is 0 Å². The molecule has 0 saturated heterocycles. The van der Waals surface area contributed by atoms with Crippen molar-refractivity contribution in [2.45, 2.75) is 6.92 Å². The number of aromatic amines is 1. The number of hydrogen-bond donors (Lipinski definition) is 2. The number of terminal acetylenes is 1. The third-order valence-corrected chi connectivity index (χ3v) is 1.29. The van der Waals surface area contributed by atoms with Crippen molar-refractivity contribution in [3.8, 4) is 12.3 Å². The van der Waals surface area contributed by atoms with Crippen LogP contribution >= 0.6 is 0 Å². The highest BCUT2D eigenvalue weighted by Crippen LogP contribution is 1.96. The second-order valence-electron chi connectivity index (χ2n) is 2.32. The van der Waals surface area contributed by atoms with Crippen molar-refractivity contribution in [2.75, 3.05) is 6.54 Å². The summed E-state index contributed by atoms with van der Waals surface area (Å²) in [6.07, 6.45) is 4.97. The van der Waals surface area contributed by atoms with E-state index in [2.05, 4.69) is 21.4 Å². The largest absolute Gasteiger partial charge is 0.340 e. The summed E-state index contributed by atoms with van der Waals surface area (Å²) in [5, 5.41) is 8.93. The van der Waals surface area contributed by atoms with Gasteiger partial charge in [0.2, 0.25) is 0 Å². The molecule has 0 saturated carbocycles. The van der Waals surface area contributed by atoms with Crippen LogP contribution in [0.4, 0.5) is 0 Å². The minimum Gasteiger partial charge on any atom is -0.340 e. The molecular weight excluding hydrogens is 154 g/mol. The molecule has 1 heterocycles. The van der Waals surface area contributed by atoms with Crippen LogP contribution in [-0.2, 0) is 0 Å². The monoisotopic (exact) mass is 163 g/mol. The van der Waals surface area contributed by atoms with Gasteiger partial charge in [0.1, 0.15) is 5.69 Å². The van der Waals surface area contributed by atoms with E-state index in [1.165, 1.54) is 0 Å². The number of nitrogens with zero attached hydrogens (tertiary/aromatic N) is 1. The number of rotatable bonds is 2. The smallest absolute Gasteiger partial charge is 0.272 e. The van der Waals surface area contributed by atoms with Crippen molar-refractivity contribution in [3.05, 3.63) is 17.5 Å². The van der Waals surface area contributed by atoms with Gasteiger partial charge in [0.15, 0.2) is 0 Å². The number of aryl methyl sites for hydroxylation is 1. The summed E-state index contributed by atoms with van der Waals surface area (Å²) < 4.78 is 0. The zero-order chi connectivity index (χ0) is 8.97. The van der Waals surface area contributed by atoms with Crippen molar-refractivity contribution < 1.29 is 4.79 Å². The fraction of sp³-hybridized carbons (Fsp3) is 0.250. The van der Waals surface area contributed by atoms with Gasteiger partial charge in [-0.3, -0.25) is 9.89 Å². The van der Waals surface area contributed by atoms with Crippen LogP contribution in [0.2, 0.25) is 0 Å². The minimum absolute atomic E-state index is 0.227. The fourth-order valence-corrected chi connectivity index (χ4v) is 0.756. The van der Waals surface area contributed by atoms with Crippen LogP contribution in [0.25, 0.3) is 0 Å². The van der Waals surface area contributed by atoms with E-state index >= 15 is 0 Å². The van der Waals surface area contributed by atoms with Gasteiger partial charge in [-0.2, -0.15) is 5.10 Å². The quantitative estimate of drug-likeness (QED) is 0.607. The maximum absolute atomic E-state index is 11.1. The Morgan fingerprint density at radius 2 is 2.67 bits per heavy atom. The maximum atomic E-state index is 11.1. The van der Waals surface area contributed by atoms with Crippen molar-refractivity contribution in [1.82, 2.24) is 15.5 Å². The van der Waals surface area contributed by atoms with Crippen LogP contribution < -0.4 is 5.32 Å². The molecule has 0 fully saturated rings. The van der Waals surface area contributed by atoms with Crippen molar-refractivity contribution in [2.24, 2.45) is 0 Å². The van der Waals surface area contributed by atoms with Gasteiger partial charge in [0.05, 0.1) is 6.54 Å². The third kappa shape index (κ3) is 1.86. The number of hydrogen-bond acceptors (Lipinski definition) is 2. The van der Waals surface area contributed by atoms with E-state index in [0.717, 1.165) is 5.69 Å². The van der Waals surface area contributed by atoms with E-state index < -0.39 is 0 Å². The number of aromatic nitrogens is 2. The zero-order valence-corrected chi connectivity index (χ0v) is 6.72. The molecule has 0 aliphatic heterocycles. The SMILES string of the molecule is C#CCNC(=O)c1cc(C)[nH]n1. The Balaban J connectivity index is 2.61. The van der Waals surface area contributed by atoms with Crippen LogP contribution in [0.5, 0.6) is 0 Å². The van der Waals surface area contributed by atoms with Gasteiger partial charge in [-0.25, -0.2) is 0 Å². The summed E-state index contributed by atoms with van der Waals surface area (Å²) in [5.41, 5.74) is 1.21. The lowest BCUT2D eigenvalue weighted by atomic mass is 10.3. The van der Waals surface area contributed by atoms with Crippen LogP contribution in [0, 0.1) is 19.3 Å². The number of nitrogens with one attached hydrogen (secondary N) is 2. The summed E-state index contributed by atoms with van der Waals surface area (Å²) in [7, 11) is 0. The summed E-state index contributed by atoms with van der Waals surface area (Å²) >= 11 is 0. The molecule has 4 heteroatoms. The van der Waals surface area contributed by atoms with Crippen molar-refractivity contribution >= 4 is 5.91 Å². The molecule has 12 heavy (non-hydrogen) atoms. The molecule has 2 N–H and O–H groups in total. The van der Waals surface area contributed by atoms with Crippen LogP contribution in [0.1, 0.15) is 16.2 Å². The third-order valence-electron chi connectivity index (χ3n) is 1.29. The summed E-state index contributed by atoms with van der Waals surface area (Å²) in [5.74, 6) is 2.05. The first kappa shape index (κ1) is 8.34. The second-order valence-corrected chi connectivity index (χ2v) is 2.32. The Kier molecular flexibility index (Phi) is 2.49. The minimum atomic E-state index is -0.252. The number of H-pyrrole nitrogens is 1. The molecule has 0 spiro atoms. The normalized spacial score (nSPS) is 9.00. The molecule has 0 radical (unpaired) electrons. The van der Waals surface area contributed by atoms with Gasteiger partial charge in [-0.05, 0) is 13.0 Å². The first-order valence-electron chi connectivity index (χ1n) is 3.47. The van der Waals surface area contributed by atoms with Gasteiger partial charge >= 0.3 is 0 Å². The molecule has 1 rings (SSSR count). The highest BCUT2D eigenvalue weighted by Gasteiger charge is 2.06. The van der Waals surface area contributed by atoms with E-state index in [1.54, 1.807) is 6.07 Å². The van der Waals surface area contributed by atoms with Gasteiger partial charge in [0, 0.05) is 5.69 Å².